The molecule has 0 radical (unpaired) electrons. The van der Waals surface area contributed by atoms with Crippen molar-refractivity contribution in [2.24, 2.45) is 11.7 Å². The Bertz CT molecular complexity index is 1080. The van der Waals surface area contributed by atoms with Crippen LogP contribution in [0.1, 0.15) is 33.5 Å². The van der Waals surface area contributed by atoms with Gasteiger partial charge in [-0.1, -0.05) is 30.3 Å². The van der Waals surface area contributed by atoms with Crippen molar-refractivity contribution in [3.63, 3.8) is 0 Å². The topological polar surface area (TPSA) is 111 Å². The van der Waals surface area contributed by atoms with E-state index in [-0.39, 0.29) is 18.9 Å². The van der Waals surface area contributed by atoms with Gasteiger partial charge in [0.15, 0.2) is 0 Å². The Morgan fingerprint density at radius 2 is 1.83 bits per heavy atom. The molecule has 2 aliphatic rings. The molecule has 35 heavy (non-hydrogen) atoms. The van der Waals surface area contributed by atoms with E-state index in [0.717, 1.165) is 44.0 Å². The predicted octanol–water partition coefficient (Wildman–Crippen LogP) is 1.72. The van der Waals surface area contributed by atoms with Crippen LogP contribution in [-0.2, 0) is 38.8 Å². The van der Waals surface area contributed by atoms with Crippen LogP contribution in [0.25, 0.3) is 0 Å². The highest BCUT2D eigenvalue weighted by Crippen LogP contribution is 2.32. The van der Waals surface area contributed by atoms with Gasteiger partial charge in [0.1, 0.15) is 18.3 Å². The molecule has 4 rings (SSSR count). The van der Waals surface area contributed by atoms with Crippen LogP contribution in [0.15, 0.2) is 42.5 Å². The second-order valence-corrected chi connectivity index (χ2v) is 8.72. The van der Waals surface area contributed by atoms with Crippen LogP contribution in [0.4, 0.5) is 0 Å². The van der Waals surface area contributed by atoms with Crippen molar-refractivity contribution < 1.29 is 28.6 Å². The van der Waals surface area contributed by atoms with Crippen LogP contribution in [0.5, 0.6) is 5.75 Å². The lowest BCUT2D eigenvalue weighted by Gasteiger charge is -2.27. The van der Waals surface area contributed by atoms with Crippen LogP contribution >= 0.6 is 0 Å². The number of methoxy groups -OCH3 is 1. The first-order valence-electron chi connectivity index (χ1n) is 11.8. The molecule has 1 fully saturated rings. The summed E-state index contributed by atoms with van der Waals surface area (Å²) in [6.45, 7) is 5.08. The summed E-state index contributed by atoms with van der Waals surface area (Å²) in [7, 11) is 1.21. The standard InChI is InChI=1S/C26H31N3O6/c1-33-26(32)21(24(27)30)9-10-29-16-22-20(25(29)31)7-4-8-23(22)35-17-19-6-3-2-5-18(19)15-28-11-13-34-14-12-28/h2-8,21H,9-17H2,1H3,(H2,27,30). The highest BCUT2D eigenvalue weighted by Gasteiger charge is 2.32. The fourth-order valence-electron chi connectivity index (χ4n) is 4.49. The number of carbonyl (C=O) groups excluding carboxylic acids is 3. The second-order valence-electron chi connectivity index (χ2n) is 8.72. The van der Waals surface area contributed by atoms with Gasteiger partial charge in [-0.05, 0) is 29.7 Å². The van der Waals surface area contributed by atoms with Gasteiger partial charge in [0, 0.05) is 37.3 Å². The molecule has 1 unspecified atom stereocenters. The molecule has 0 aromatic heterocycles. The van der Waals surface area contributed by atoms with Gasteiger partial charge in [-0.3, -0.25) is 19.3 Å². The summed E-state index contributed by atoms with van der Waals surface area (Å²) in [4.78, 5) is 40.4. The minimum atomic E-state index is -1.09. The Hall–Kier alpha value is -3.43. The zero-order chi connectivity index (χ0) is 24.8. The average Bonchev–Trinajstić information content (AvgIpc) is 3.20. The van der Waals surface area contributed by atoms with E-state index in [9.17, 15) is 14.4 Å². The molecule has 1 atom stereocenters. The Labute approximate surface area is 204 Å². The highest BCUT2D eigenvalue weighted by atomic mass is 16.5. The van der Waals surface area contributed by atoms with E-state index in [1.807, 2.05) is 18.2 Å². The number of rotatable bonds is 10. The first-order valence-corrected chi connectivity index (χ1v) is 11.8. The number of benzene rings is 2. The monoisotopic (exact) mass is 481 g/mol. The van der Waals surface area contributed by atoms with Crippen LogP contribution < -0.4 is 10.5 Å². The van der Waals surface area contributed by atoms with E-state index in [2.05, 4.69) is 21.8 Å². The fraction of sp³-hybridized carbons (Fsp3) is 0.423. The third-order valence-electron chi connectivity index (χ3n) is 6.52. The van der Waals surface area contributed by atoms with Gasteiger partial charge in [0.25, 0.3) is 5.91 Å². The molecule has 0 aliphatic carbocycles. The van der Waals surface area contributed by atoms with Gasteiger partial charge < -0.3 is 24.8 Å². The molecule has 2 aromatic carbocycles. The van der Waals surface area contributed by atoms with Crippen molar-refractivity contribution in [1.82, 2.24) is 9.80 Å². The number of nitrogens with zero attached hydrogens (tertiary/aromatic N) is 2. The lowest BCUT2D eigenvalue weighted by atomic mass is 10.1. The van der Waals surface area contributed by atoms with Crippen molar-refractivity contribution in [2.45, 2.75) is 26.1 Å². The zero-order valence-electron chi connectivity index (χ0n) is 19.9. The molecule has 1 saturated heterocycles. The largest absolute Gasteiger partial charge is 0.489 e. The van der Waals surface area contributed by atoms with Crippen LogP contribution in [-0.4, -0.2) is 67.5 Å². The normalized spacial score (nSPS) is 16.6. The van der Waals surface area contributed by atoms with Crippen molar-refractivity contribution in [3.8, 4) is 5.75 Å². The molecule has 9 nitrogen and oxygen atoms in total. The fourth-order valence-corrected chi connectivity index (χ4v) is 4.49. The number of esters is 1. The Kier molecular flexibility index (Phi) is 7.99. The summed E-state index contributed by atoms with van der Waals surface area (Å²) in [5, 5.41) is 0. The molecule has 0 spiro atoms. The lowest BCUT2D eigenvalue weighted by molar-refractivity contribution is -0.149. The number of nitrogens with two attached hydrogens (primary N) is 1. The summed E-state index contributed by atoms with van der Waals surface area (Å²) >= 11 is 0. The van der Waals surface area contributed by atoms with Gasteiger partial charge >= 0.3 is 5.97 Å². The van der Waals surface area contributed by atoms with Crippen molar-refractivity contribution in [2.75, 3.05) is 40.0 Å². The van der Waals surface area contributed by atoms with Gasteiger partial charge in [0.05, 0.1) is 26.9 Å². The number of primary amides is 1. The summed E-state index contributed by atoms with van der Waals surface area (Å²) < 4.78 is 16.3. The number of morpholine rings is 1. The first kappa shape index (κ1) is 24.7. The SMILES string of the molecule is COC(=O)C(CCN1Cc2c(OCc3ccccc3CN3CCOCC3)cccc2C1=O)C(N)=O. The maximum Gasteiger partial charge on any atom is 0.318 e. The van der Waals surface area contributed by atoms with Crippen LogP contribution in [0.2, 0.25) is 0 Å². The van der Waals surface area contributed by atoms with Gasteiger partial charge in [-0.2, -0.15) is 0 Å². The zero-order valence-corrected chi connectivity index (χ0v) is 19.9. The number of hydrogen-bond donors (Lipinski definition) is 1. The molecule has 9 heteroatoms. The Morgan fingerprint density at radius 3 is 2.54 bits per heavy atom. The minimum absolute atomic E-state index is 0.104. The number of carbonyl (C=O) groups is 3. The Balaban J connectivity index is 1.42. The quantitative estimate of drug-likeness (QED) is 0.406. The summed E-state index contributed by atoms with van der Waals surface area (Å²) in [6, 6.07) is 13.6. The van der Waals surface area contributed by atoms with E-state index in [1.54, 1.807) is 17.0 Å². The predicted molar refractivity (Wildman–Crippen MR) is 127 cm³/mol. The number of ether oxygens (including phenoxy) is 3. The molecular weight excluding hydrogens is 450 g/mol. The summed E-state index contributed by atoms with van der Waals surface area (Å²) in [5.74, 6) is -2.05. The van der Waals surface area contributed by atoms with Crippen LogP contribution in [0, 0.1) is 5.92 Å². The molecule has 2 heterocycles. The Morgan fingerprint density at radius 1 is 1.09 bits per heavy atom. The molecule has 186 valence electrons. The van der Waals surface area contributed by atoms with E-state index in [1.165, 1.54) is 12.7 Å². The van der Waals surface area contributed by atoms with E-state index >= 15 is 0 Å². The second kappa shape index (κ2) is 11.3. The molecular formula is C26H31N3O6. The molecule has 0 bridgehead atoms. The van der Waals surface area contributed by atoms with E-state index in [4.69, 9.17) is 15.2 Å². The van der Waals surface area contributed by atoms with E-state index in [0.29, 0.717) is 24.5 Å². The van der Waals surface area contributed by atoms with Crippen LogP contribution in [0.3, 0.4) is 0 Å². The first-order chi connectivity index (χ1) is 17.0. The maximum atomic E-state index is 12.9. The number of fused-ring (bicyclic) bond motifs is 1. The van der Waals surface area contributed by atoms with Gasteiger partial charge in [-0.15, -0.1) is 0 Å². The molecule has 2 aliphatic heterocycles. The third-order valence-corrected chi connectivity index (χ3v) is 6.52. The van der Waals surface area contributed by atoms with Crippen molar-refractivity contribution in [1.29, 1.82) is 0 Å². The third kappa shape index (κ3) is 5.80. The smallest absolute Gasteiger partial charge is 0.318 e. The van der Waals surface area contributed by atoms with Crippen molar-refractivity contribution in [3.05, 3.63) is 64.7 Å². The lowest BCUT2D eigenvalue weighted by Crippen LogP contribution is -2.35. The molecule has 2 N–H and O–H groups in total. The number of amides is 2. The maximum absolute atomic E-state index is 12.9. The van der Waals surface area contributed by atoms with Gasteiger partial charge in [-0.25, -0.2) is 0 Å². The average molecular weight is 482 g/mol. The summed E-state index contributed by atoms with van der Waals surface area (Å²) in [5.41, 5.74) is 9.01. The highest BCUT2D eigenvalue weighted by molar-refractivity contribution is 5.99. The molecule has 2 amide bonds. The molecule has 2 aromatic rings. The summed E-state index contributed by atoms with van der Waals surface area (Å²) in [6.07, 6.45) is 0.104. The molecule has 0 saturated carbocycles. The van der Waals surface area contributed by atoms with Crippen molar-refractivity contribution >= 4 is 17.8 Å². The minimum Gasteiger partial charge on any atom is -0.489 e. The number of hydrogen-bond acceptors (Lipinski definition) is 7. The van der Waals surface area contributed by atoms with E-state index < -0.39 is 17.8 Å². The van der Waals surface area contributed by atoms with Gasteiger partial charge in [0.2, 0.25) is 5.91 Å².